The molecule has 0 unspecified atom stereocenters. The summed E-state index contributed by atoms with van der Waals surface area (Å²) in [4.78, 5) is 43.4. The summed E-state index contributed by atoms with van der Waals surface area (Å²) in [7, 11) is 0. The molecule has 3 rings (SSSR count). The van der Waals surface area contributed by atoms with E-state index in [-0.39, 0.29) is 17.4 Å². The van der Waals surface area contributed by atoms with Gasteiger partial charge in [-0.25, -0.2) is 0 Å². The molecule has 2 amide bonds. The first-order valence-corrected chi connectivity index (χ1v) is 11.0. The number of pyridine rings is 1. The first kappa shape index (κ1) is 21.6. The third-order valence-corrected chi connectivity index (χ3v) is 6.35. The lowest BCUT2D eigenvalue weighted by Crippen LogP contribution is -2.40. The highest BCUT2D eigenvalue weighted by molar-refractivity contribution is 5.94. The van der Waals surface area contributed by atoms with Gasteiger partial charge in [-0.15, -0.1) is 0 Å². The predicted octanol–water partition coefficient (Wildman–Crippen LogP) is 1.92. The molecule has 2 fully saturated rings. The molecule has 3 heterocycles. The van der Waals surface area contributed by atoms with E-state index in [1.807, 2.05) is 4.90 Å². The van der Waals surface area contributed by atoms with Crippen molar-refractivity contribution < 1.29 is 9.59 Å². The molecular formula is C22H34N4O3. The van der Waals surface area contributed by atoms with Crippen LogP contribution >= 0.6 is 0 Å². The van der Waals surface area contributed by atoms with E-state index in [4.69, 9.17) is 0 Å². The van der Waals surface area contributed by atoms with Crippen molar-refractivity contribution in [2.24, 2.45) is 5.92 Å². The molecule has 7 nitrogen and oxygen atoms in total. The van der Waals surface area contributed by atoms with Crippen LogP contribution < -0.4 is 10.9 Å². The minimum atomic E-state index is -0.242. The summed E-state index contributed by atoms with van der Waals surface area (Å²) in [5.41, 5.74) is 0.910. The summed E-state index contributed by atoms with van der Waals surface area (Å²) in [6.45, 7) is 8.28. The summed E-state index contributed by atoms with van der Waals surface area (Å²) >= 11 is 0. The molecular weight excluding hydrogens is 368 g/mol. The summed E-state index contributed by atoms with van der Waals surface area (Å²) in [6, 6.07) is 3.59. The van der Waals surface area contributed by atoms with E-state index in [0.29, 0.717) is 42.7 Å². The maximum Gasteiger partial charge on any atom is 0.254 e. The lowest BCUT2D eigenvalue weighted by Gasteiger charge is -2.32. The number of likely N-dealkylation sites (tertiary alicyclic amines) is 2. The van der Waals surface area contributed by atoms with Gasteiger partial charge in [-0.1, -0.05) is 6.92 Å². The average molecular weight is 403 g/mol. The van der Waals surface area contributed by atoms with E-state index in [2.05, 4.69) is 22.1 Å². The number of carbonyl (C=O) groups is 2. The van der Waals surface area contributed by atoms with Crippen LogP contribution in [0.5, 0.6) is 0 Å². The molecule has 0 aliphatic carbocycles. The Kier molecular flexibility index (Phi) is 7.47. The molecule has 160 valence electrons. The second kappa shape index (κ2) is 10.1. The number of piperidine rings is 1. The van der Waals surface area contributed by atoms with E-state index in [1.165, 1.54) is 18.9 Å². The van der Waals surface area contributed by atoms with Crippen LogP contribution in [-0.4, -0.2) is 65.4 Å². The molecule has 0 aromatic carbocycles. The van der Waals surface area contributed by atoms with Crippen LogP contribution in [0.2, 0.25) is 0 Å². The van der Waals surface area contributed by atoms with Crippen LogP contribution in [0.1, 0.15) is 61.5 Å². The number of hydrogen-bond acceptors (Lipinski definition) is 4. The Balaban J connectivity index is 1.38. The van der Waals surface area contributed by atoms with Crippen molar-refractivity contribution in [3.8, 4) is 0 Å². The fraction of sp³-hybridized carbons (Fsp3) is 0.682. The van der Waals surface area contributed by atoms with Crippen molar-refractivity contribution in [2.75, 3.05) is 32.7 Å². The van der Waals surface area contributed by atoms with E-state index in [0.717, 1.165) is 38.9 Å². The number of H-pyrrole nitrogens is 1. The number of carbonyl (C=O) groups excluding carboxylic acids is 2. The lowest BCUT2D eigenvalue weighted by atomic mass is 9.91. The van der Waals surface area contributed by atoms with Gasteiger partial charge >= 0.3 is 0 Å². The molecule has 29 heavy (non-hydrogen) atoms. The zero-order valence-corrected chi connectivity index (χ0v) is 17.7. The number of aryl methyl sites for hydroxylation is 1. The number of rotatable bonds is 7. The number of likely N-dealkylation sites (N-methyl/N-ethyl adjacent to an activating group) is 1. The van der Waals surface area contributed by atoms with Crippen molar-refractivity contribution >= 4 is 11.8 Å². The highest BCUT2D eigenvalue weighted by Gasteiger charge is 2.25. The van der Waals surface area contributed by atoms with Gasteiger partial charge in [0.1, 0.15) is 0 Å². The molecule has 0 saturated carbocycles. The van der Waals surface area contributed by atoms with Gasteiger partial charge in [0.2, 0.25) is 11.5 Å². The van der Waals surface area contributed by atoms with Gasteiger partial charge in [-0.05, 0) is 64.1 Å². The van der Waals surface area contributed by atoms with Crippen LogP contribution in [-0.2, 0) is 4.79 Å². The Hall–Kier alpha value is -2.15. The first-order valence-electron chi connectivity index (χ1n) is 11.0. The molecule has 0 spiro atoms. The SMILES string of the molecule is CCN1CCC[C@@H]1CNC(=O)CCC1CCN(C(=O)c2cc(C)[nH]c(=O)c2)CC1. The number of aromatic amines is 1. The van der Waals surface area contributed by atoms with Gasteiger partial charge in [0.05, 0.1) is 0 Å². The second-order valence-corrected chi connectivity index (χ2v) is 8.42. The second-order valence-electron chi connectivity index (χ2n) is 8.42. The molecule has 0 bridgehead atoms. The topological polar surface area (TPSA) is 85.5 Å². The summed E-state index contributed by atoms with van der Waals surface area (Å²) in [5, 5.41) is 3.11. The van der Waals surface area contributed by atoms with Crippen LogP contribution in [0.3, 0.4) is 0 Å². The smallest absolute Gasteiger partial charge is 0.254 e. The van der Waals surface area contributed by atoms with E-state index in [1.54, 1.807) is 13.0 Å². The van der Waals surface area contributed by atoms with E-state index < -0.39 is 0 Å². The van der Waals surface area contributed by atoms with Crippen LogP contribution in [0.25, 0.3) is 0 Å². The first-order chi connectivity index (χ1) is 14.0. The third kappa shape index (κ3) is 5.92. The molecule has 7 heteroatoms. The van der Waals surface area contributed by atoms with Crippen LogP contribution in [0, 0.1) is 12.8 Å². The largest absolute Gasteiger partial charge is 0.355 e. The van der Waals surface area contributed by atoms with E-state index in [9.17, 15) is 14.4 Å². The van der Waals surface area contributed by atoms with Gasteiger partial charge in [0.25, 0.3) is 5.91 Å². The highest BCUT2D eigenvalue weighted by atomic mass is 16.2. The van der Waals surface area contributed by atoms with Gasteiger partial charge in [0.15, 0.2) is 0 Å². The van der Waals surface area contributed by atoms with Crippen LogP contribution in [0.4, 0.5) is 0 Å². The highest BCUT2D eigenvalue weighted by Crippen LogP contribution is 2.23. The number of aromatic nitrogens is 1. The van der Waals surface area contributed by atoms with Crippen molar-refractivity contribution in [2.45, 2.75) is 58.4 Å². The summed E-state index contributed by atoms with van der Waals surface area (Å²) in [5.74, 6) is 0.544. The standard InChI is InChI=1S/C22H34N4O3/c1-3-25-10-4-5-19(25)15-23-20(27)7-6-17-8-11-26(12-9-17)22(29)18-13-16(2)24-21(28)14-18/h13-14,17,19H,3-12,15H2,1-2H3,(H,23,27)(H,24,28)/t19-/m1/s1. The molecule has 2 aliphatic rings. The fourth-order valence-electron chi connectivity index (χ4n) is 4.61. The predicted molar refractivity (Wildman–Crippen MR) is 113 cm³/mol. The Morgan fingerprint density at radius 3 is 2.62 bits per heavy atom. The minimum Gasteiger partial charge on any atom is -0.355 e. The molecule has 1 atom stereocenters. The Bertz CT molecular complexity index is 768. The van der Waals surface area contributed by atoms with Crippen molar-refractivity contribution in [1.29, 1.82) is 0 Å². The normalized spacial score (nSPS) is 20.8. The van der Waals surface area contributed by atoms with Gasteiger partial charge < -0.3 is 15.2 Å². The summed E-state index contributed by atoms with van der Waals surface area (Å²) in [6.07, 6.45) is 5.65. The quantitative estimate of drug-likeness (QED) is 0.730. The maximum absolute atomic E-state index is 12.6. The Labute approximate surface area is 172 Å². The average Bonchev–Trinajstić information content (AvgIpc) is 3.17. The third-order valence-electron chi connectivity index (χ3n) is 6.35. The number of amides is 2. The fourth-order valence-corrected chi connectivity index (χ4v) is 4.61. The molecule has 2 saturated heterocycles. The molecule has 2 aliphatic heterocycles. The lowest BCUT2D eigenvalue weighted by molar-refractivity contribution is -0.121. The molecule has 1 aromatic heterocycles. The number of hydrogen-bond donors (Lipinski definition) is 2. The Morgan fingerprint density at radius 1 is 1.17 bits per heavy atom. The molecule has 2 N–H and O–H groups in total. The number of nitrogens with one attached hydrogen (secondary N) is 2. The zero-order chi connectivity index (χ0) is 20.8. The van der Waals surface area contributed by atoms with Gasteiger partial charge in [-0.3, -0.25) is 19.3 Å². The van der Waals surface area contributed by atoms with E-state index >= 15 is 0 Å². The molecule has 1 aromatic rings. The van der Waals surface area contributed by atoms with Crippen molar-refractivity contribution in [3.05, 3.63) is 33.7 Å². The number of nitrogens with zero attached hydrogens (tertiary/aromatic N) is 2. The zero-order valence-electron chi connectivity index (χ0n) is 17.7. The van der Waals surface area contributed by atoms with Gasteiger partial charge in [0, 0.05) is 49.4 Å². The van der Waals surface area contributed by atoms with Crippen LogP contribution in [0.15, 0.2) is 16.9 Å². The minimum absolute atomic E-state index is 0.0764. The Morgan fingerprint density at radius 2 is 1.93 bits per heavy atom. The van der Waals surface area contributed by atoms with Crippen molar-refractivity contribution in [3.63, 3.8) is 0 Å². The van der Waals surface area contributed by atoms with Crippen molar-refractivity contribution in [1.82, 2.24) is 20.1 Å². The monoisotopic (exact) mass is 402 g/mol. The summed E-state index contributed by atoms with van der Waals surface area (Å²) < 4.78 is 0. The molecule has 0 radical (unpaired) electrons. The van der Waals surface area contributed by atoms with Gasteiger partial charge in [-0.2, -0.15) is 0 Å². The maximum atomic E-state index is 12.6.